The highest BCUT2D eigenvalue weighted by Gasteiger charge is 2.26. The molecule has 1 aliphatic rings. The predicted octanol–water partition coefficient (Wildman–Crippen LogP) is 2.13. The molecule has 0 aliphatic carbocycles. The molecular weight excluding hydrogens is 356 g/mol. The summed E-state index contributed by atoms with van der Waals surface area (Å²) in [6, 6.07) is 3.66. The van der Waals surface area contributed by atoms with E-state index in [-0.39, 0.29) is 11.9 Å². The zero-order valence-electron chi connectivity index (χ0n) is 16.9. The fourth-order valence-corrected chi connectivity index (χ4v) is 3.19. The number of nitrogens with zero attached hydrogens (tertiary/aromatic N) is 4. The largest absolute Gasteiger partial charge is 0.396 e. The molecule has 0 atom stereocenters. The van der Waals surface area contributed by atoms with Gasteiger partial charge in [-0.2, -0.15) is 4.98 Å². The first-order valence-corrected chi connectivity index (χ1v) is 9.90. The Balaban J connectivity index is 0.000000300. The number of nitrogens with two attached hydrogens (primary N) is 2. The molecule has 8 heteroatoms. The number of nitrogen functional groups attached to an aromatic ring is 2. The van der Waals surface area contributed by atoms with Gasteiger partial charge >= 0.3 is 0 Å². The van der Waals surface area contributed by atoms with Gasteiger partial charge in [-0.15, -0.1) is 0 Å². The molecule has 1 amide bonds. The van der Waals surface area contributed by atoms with E-state index < -0.39 is 0 Å². The zero-order chi connectivity index (χ0) is 20.5. The van der Waals surface area contributed by atoms with Crippen LogP contribution in [0.3, 0.4) is 0 Å². The molecule has 0 bridgehead atoms. The smallest absolute Gasteiger partial charge is 0.270 e. The number of aliphatic hydroxyl groups excluding tert-OH is 1. The van der Waals surface area contributed by atoms with Crippen molar-refractivity contribution in [2.24, 2.45) is 7.05 Å². The maximum absolute atomic E-state index is 12.5. The zero-order valence-corrected chi connectivity index (χ0v) is 16.9. The van der Waals surface area contributed by atoms with Crippen molar-refractivity contribution in [3.8, 4) is 0 Å². The Labute approximate surface area is 166 Å². The van der Waals surface area contributed by atoms with Crippen molar-refractivity contribution in [3.05, 3.63) is 35.3 Å². The molecule has 154 valence electrons. The van der Waals surface area contributed by atoms with E-state index in [0.717, 1.165) is 17.7 Å². The average molecular weight is 389 g/mol. The lowest BCUT2D eigenvalue weighted by atomic mass is 10.1. The Kier molecular flexibility index (Phi) is 8.25. The molecule has 0 saturated carbocycles. The molecule has 0 unspecified atom stereocenters. The normalized spacial score (nSPS) is 12.9. The number of hydrogen-bond donors (Lipinski definition) is 3. The average Bonchev–Trinajstić information content (AvgIpc) is 3.11. The van der Waals surface area contributed by atoms with E-state index in [9.17, 15) is 4.79 Å². The van der Waals surface area contributed by atoms with Crippen LogP contribution in [0.15, 0.2) is 18.3 Å². The van der Waals surface area contributed by atoms with E-state index in [1.807, 2.05) is 19.3 Å². The van der Waals surface area contributed by atoms with Crippen molar-refractivity contribution in [3.63, 3.8) is 0 Å². The molecule has 1 aliphatic heterocycles. The van der Waals surface area contributed by atoms with Crippen LogP contribution in [0.25, 0.3) is 0 Å². The van der Waals surface area contributed by atoms with Crippen LogP contribution in [0, 0.1) is 0 Å². The minimum atomic E-state index is -0.0145. The second-order valence-electron chi connectivity index (χ2n) is 7.01. The SMILES string of the molecule is CCCCCCCO.Cn1cccc1C(=O)N1CCc2nc(N)nc(N)c2C1. The number of unbranched alkanes of at least 4 members (excludes halogenated alkanes) is 4. The molecule has 3 heterocycles. The van der Waals surface area contributed by atoms with Crippen molar-refractivity contribution >= 4 is 17.7 Å². The fourth-order valence-electron chi connectivity index (χ4n) is 3.19. The summed E-state index contributed by atoms with van der Waals surface area (Å²) in [5.41, 5.74) is 13.8. The first kappa shape index (κ1) is 21.7. The van der Waals surface area contributed by atoms with E-state index in [1.54, 1.807) is 15.5 Å². The summed E-state index contributed by atoms with van der Waals surface area (Å²) in [6.07, 6.45) is 8.57. The molecular formula is C20H32N6O2. The number of anilines is 2. The maximum Gasteiger partial charge on any atom is 0.270 e. The highest BCUT2D eigenvalue weighted by atomic mass is 16.2. The van der Waals surface area contributed by atoms with Crippen LogP contribution in [0.4, 0.5) is 11.8 Å². The summed E-state index contributed by atoms with van der Waals surface area (Å²) < 4.78 is 1.81. The third-order valence-corrected chi connectivity index (χ3v) is 4.82. The summed E-state index contributed by atoms with van der Waals surface area (Å²) in [6.45, 7) is 3.58. The van der Waals surface area contributed by atoms with Gasteiger partial charge in [0.25, 0.3) is 5.91 Å². The van der Waals surface area contributed by atoms with Crippen LogP contribution in [0.1, 0.15) is 60.8 Å². The van der Waals surface area contributed by atoms with Gasteiger partial charge in [-0.1, -0.05) is 32.6 Å². The number of hydrogen-bond acceptors (Lipinski definition) is 6. The van der Waals surface area contributed by atoms with Gasteiger partial charge in [0, 0.05) is 38.4 Å². The minimum absolute atomic E-state index is 0.0145. The van der Waals surface area contributed by atoms with Gasteiger partial charge < -0.3 is 26.0 Å². The monoisotopic (exact) mass is 388 g/mol. The molecule has 0 fully saturated rings. The molecule has 3 rings (SSSR count). The van der Waals surface area contributed by atoms with Crippen LogP contribution < -0.4 is 11.5 Å². The summed E-state index contributed by atoms with van der Waals surface area (Å²) >= 11 is 0. The predicted molar refractivity (Wildman–Crippen MR) is 111 cm³/mol. The molecule has 0 radical (unpaired) electrons. The number of rotatable bonds is 6. The number of carbonyl (C=O) groups is 1. The first-order chi connectivity index (χ1) is 13.5. The Morgan fingerprint density at radius 2 is 1.96 bits per heavy atom. The van der Waals surface area contributed by atoms with Gasteiger partial charge in [0.1, 0.15) is 11.5 Å². The highest BCUT2D eigenvalue weighted by Crippen LogP contribution is 2.23. The third kappa shape index (κ3) is 5.69. The van der Waals surface area contributed by atoms with Crippen molar-refractivity contribution in [1.82, 2.24) is 19.4 Å². The molecule has 8 nitrogen and oxygen atoms in total. The van der Waals surface area contributed by atoms with Crippen LogP contribution >= 0.6 is 0 Å². The van der Waals surface area contributed by atoms with E-state index in [1.165, 1.54) is 25.7 Å². The van der Waals surface area contributed by atoms with Crippen molar-refractivity contribution < 1.29 is 9.90 Å². The fraction of sp³-hybridized carbons (Fsp3) is 0.550. The second kappa shape index (κ2) is 10.7. The lowest BCUT2D eigenvalue weighted by molar-refractivity contribution is 0.0724. The summed E-state index contributed by atoms with van der Waals surface area (Å²) in [4.78, 5) is 22.4. The van der Waals surface area contributed by atoms with Crippen LogP contribution in [0.5, 0.6) is 0 Å². The molecule has 2 aromatic heterocycles. The van der Waals surface area contributed by atoms with E-state index in [2.05, 4.69) is 16.9 Å². The molecule has 0 saturated heterocycles. The van der Waals surface area contributed by atoms with Crippen LogP contribution in [0.2, 0.25) is 0 Å². The van der Waals surface area contributed by atoms with Gasteiger partial charge in [0.05, 0.1) is 12.2 Å². The lowest BCUT2D eigenvalue weighted by Gasteiger charge is -2.28. The number of aryl methyl sites for hydroxylation is 1. The lowest BCUT2D eigenvalue weighted by Crippen LogP contribution is -2.37. The number of aliphatic hydroxyl groups is 1. The molecule has 2 aromatic rings. The Bertz CT molecular complexity index is 768. The Morgan fingerprint density at radius 1 is 1.21 bits per heavy atom. The van der Waals surface area contributed by atoms with Crippen molar-refractivity contribution in [2.75, 3.05) is 24.6 Å². The minimum Gasteiger partial charge on any atom is -0.396 e. The molecule has 28 heavy (non-hydrogen) atoms. The molecule has 0 aromatic carbocycles. The van der Waals surface area contributed by atoms with E-state index in [4.69, 9.17) is 16.6 Å². The highest BCUT2D eigenvalue weighted by molar-refractivity contribution is 5.93. The number of fused-ring (bicyclic) bond motifs is 1. The van der Waals surface area contributed by atoms with Gasteiger partial charge in [0.15, 0.2) is 0 Å². The van der Waals surface area contributed by atoms with Gasteiger partial charge in [-0.3, -0.25) is 4.79 Å². The van der Waals surface area contributed by atoms with Gasteiger partial charge in [-0.05, 0) is 18.6 Å². The van der Waals surface area contributed by atoms with E-state index >= 15 is 0 Å². The Morgan fingerprint density at radius 3 is 2.61 bits per heavy atom. The van der Waals surface area contributed by atoms with Crippen LogP contribution in [-0.4, -0.2) is 43.6 Å². The van der Waals surface area contributed by atoms with Crippen LogP contribution in [-0.2, 0) is 20.0 Å². The standard InChI is InChI=1S/C13H16N6O.C7H16O/c1-18-5-2-3-10(18)12(20)19-6-4-9-8(7-19)11(14)17-13(15)16-9;1-2-3-4-5-6-7-8/h2-3,5H,4,6-7H2,1H3,(H4,14,15,16,17);8H,2-7H2,1H3. The summed E-state index contributed by atoms with van der Waals surface area (Å²) in [5, 5.41) is 8.37. The third-order valence-electron chi connectivity index (χ3n) is 4.82. The second-order valence-corrected chi connectivity index (χ2v) is 7.01. The molecule has 5 N–H and O–H groups in total. The number of aromatic nitrogens is 3. The van der Waals surface area contributed by atoms with Gasteiger partial charge in [-0.25, -0.2) is 4.98 Å². The van der Waals surface area contributed by atoms with Crippen molar-refractivity contribution in [1.29, 1.82) is 0 Å². The number of amides is 1. The topological polar surface area (TPSA) is 123 Å². The Hall–Kier alpha value is -2.61. The summed E-state index contributed by atoms with van der Waals surface area (Å²) in [7, 11) is 1.85. The quantitative estimate of drug-likeness (QED) is 0.651. The first-order valence-electron chi connectivity index (χ1n) is 9.90. The van der Waals surface area contributed by atoms with Crippen molar-refractivity contribution in [2.45, 2.75) is 52.0 Å². The van der Waals surface area contributed by atoms with E-state index in [0.29, 0.717) is 37.6 Å². The molecule has 0 spiro atoms. The summed E-state index contributed by atoms with van der Waals surface area (Å²) in [5.74, 6) is 0.528. The number of carbonyl (C=O) groups excluding carboxylic acids is 1. The maximum atomic E-state index is 12.5. The van der Waals surface area contributed by atoms with Gasteiger partial charge in [0.2, 0.25) is 5.95 Å².